The minimum Gasteiger partial charge on any atom is -0.383 e. The third kappa shape index (κ3) is 4.09. The Morgan fingerprint density at radius 2 is 2.03 bits per heavy atom. The van der Waals surface area contributed by atoms with Crippen LogP contribution in [0, 0.1) is 6.92 Å². The van der Waals surface area contributed by atoms with Crippen LogP contribution < -0.4 is 16.4 Å². The molecular formula is C23H23N7O2. The third-order valence-electron chi connectivity index (χ3n) is 5.63. The van der Waals surface area contributed by atoms with Crippen molar-refractivity contribution >= 4 is 34.3 Å². The fraction of sp³-hybridized carbons (Fsp3) is 0.261. The topological polar surface area (TPSA) is 126 Å². The summed E-state index contributed by atoms with van der Waals surface area (Å²) in [5.41, 5.74) is 9.71. The zero-order valence-electron chi connectivity index (χ0n) is 17.6. The van der Waals surface area contributed by atoms with Crippen LogP contribution in [-0.4, -0.2) is 50.9 Å². The van der Waals surface area contributed by atoms with Crippen LogP contribution in [0.2, 0.25) is 0 Å². The van der Waals surface area contributed by atoms with Crippen molar-refractivity contribution in [1.29, 1.82) is 0 Å². The Labute approximate surface area is 184 Å². The summed E-state index contributed by atoms with van der Waals surface area (Å²) >= 11 is 0. The number of hydrogen-bond donors (Lipinski definition) is 3. The molecular weight excluding hydrogens is 406 g/mol. The summed E-state index contributed by atoms with van der Waals surface area (Å²) in [6.45, 7) is 2.92. The monoisotopic (exact) mass is 429 g/mol. The van der Waals surface area contributed by atoms with Crippen molar-refractivity contribution in [3.8, 4) is 11.3 Å². The number of amides is 3. The van der Waals surface area contributed by atoms with E-state index in [1.54, 1.807) is 29.6 Å². The van der Waals surface area contributed by atoms with Crippen molar-refractivity contribution in [1.82, 2.24) is 25.2 Å². The Kier molecular flexibility index (Phi) is 4.93. The van der Waals surface area contributed by atoms with Gasteiger partial charge in [-0.3, -0.25) is 9.78 Å². The lowest BCUT2D eigenvalue weighted by atomic mass is 10.1. The Bertz CT molecular complexity index is 1260. The molecule has 2 aliphatic rings. The highest BCUT2D eigenvalue weighted by Crippen LogP contribution is 2.28. The molecule has 1 saturated heterocycles. The fourth-order valence-corrected chi connectivity index (χ4v) is 3.63. The normalized spacial score (nSPS) is 15.3. The van der Waals surface area contributed by atoms with E-state index in [0.717, 1.165) is 34.9 Å². The fourth-order valence-electron chi connectivity index (χ4n) is 3.63. The smallest absolute Gasteiger partial charge is 0.318 e. The maximum Gasteiger partial charge on any atom is 0.318 e. The van der Waals surface area contributed by atoms with Crippen molar-refractivity contribution in [2.24, 2.45) is 0 Å². The second-order valence-corrected chi connectivity index (χ2v) is 8.25. The lowest BCUT2D eigenvalue weighted by Crippen LogP contribution is -2.50. The maximum atomic E-state index is 12.4. The largest absolute Gasteiger partial charge is 0.383 e. The molecule has 4 N–H and O–H groups in total. The van der Waals surface area contributed by atoms with Gasteiger partial charge in [0.2, 0.25) is 5.91 Å². The van der Waals surface area contributed by atoms with Gasteiger partial charge < -0.3 is 21.3 Å². The average molecular weight is 429 g/mol. The second kappa shape index (κ2) is 7.92. The summed E-state index contributed by atoms with van der Waals surface area (Å²) in [5.74, 6) is 0.508. The molecule has 0 bridgehead atoms. The summed E-state index contributed by atoms with van der Waals surface area (Å²) in [4.78, 5) is 39.0. The van der Waals surface area contributed by atoms with Gasteiger partial charge in [-0.1, -0.05) is 0 Å². The van der Waals surface area contributed by atoms with Crippen LogP contribution >= 0.6 is 0 Å². The Hall–Kier alpha value is -4.01. The summed E-state index contributed by atoms with van der Waals surface area (Å²) in [7, 11) is 0. The van der Waals surface area contributed by atoms with Crippen molar-refractivity contribution in [3.63, 3.8) is 0 Å². The number of hydrogen-bond acceptors (Lipinski definition) is 6. The van der Waals surface area contributed by atoms with Crippen LogP contribution in [0.1, 0.15) is 18.4 Å². The van der Waals surface area contributed by atoms with E-state index in [1.807, 2.05) is 19.1 Å². The predicted octanol–water partition coefficient (Wildman–Crippen LogP) is 2.63. The standard InChI is InChI=1S/C23H23N7O2/c1-13-4-5-25-9-17(13)19-7-15-8-20(26-10-18(15)22(24)28-19)29-21(31)6-14-11-30(12-14)23(32)27-16-2-3-16/h4-10,16H,2-3,11-12H2,1H3,(H2,24,28)(H,27,32)(H,26,29,31). The van der Waals surface area contributed by atoms with Crippen LogP contribution in [0.5, 0.6) is 0 Å². The molecule has 4 heterocycles. The zero-order valence-corrected chi connectivity index (χ0v) is 17.6. The summed E-state index contributed by atoms with van der Waals surface area (Å²) in [6, 6.07) is 5.86. The summed E-state index contributed by atoms with van der Waals surface area (Å²) in [6.07, 6.45) is 8.72. The van der Waals surface area contributed by atoms with E-state index in [9.17, 15) is 9.59 Å². The van der Waals surface area contributed by atoms with Gasteiger partial charge >= 0.3 is 6.03 Å². The van der Waals surface area contributed by atoms with E-state index >= 15 is 0 Å². The molecule has 3 amide bonds. The van der Waals surface area contributed by atoms with Gasteiger partial charge in [0, 0.05) is 54.7 Å². The number of nitrogens with two attached hydrogens (primary N) is 1. The molecule has 3 aromatic heterocycles. The highest BCUT2D eigenvalue weighted by molar-refractivity contribution is 6.01. The number of carbonyl (C=O) groups excluding carboxylic acids is 2. The number of carbonyl (C=O) groups is 2. The van der Waals surface area contributed by atoms with Gasteiger partial charge in [0.15, 0.2) is 0 Å². The molecule has 0 aromatic carbocycles. The van der Waals surface area contributed by atoms with E-state index in [1.165, 1.54) is 6.08 Å². The molecule has 1 aliphatic heterocycles. The number of nitrogen functional groups attached to an aromatic ring is 1. The molecule has 9 heteroatoms. The van der Waals surface area contributed by atoms with E-state index in [2.05, 4.69) is 25.6 Å². The van der Waals surface area contributed by atoms with Gasteiger partial charge in [-0.05, 0) is 54.5 Å². The molecule has 0 atom stereocenters. The summed E-state index contributed by atoms with van der Waals surface area (Å²) < 4.78 is 0. The SMILES string of the molecule is Cc1ccncc1-c1cc2cc(NC(=O)C=C3CN(C(=O)NC4CC4)C3)ncc2c(N)n1. The molecule has 0 radical (unpaired) electrons. The number of nitrogens with zero attached hydrogens (tertiary/aromatic N) is 4. The Balaban J connectivity index is 1.30. The van der Waals surface area contributed by atoms with E-state index in [4.69, 9.17) is 5.73 Å². The van der Waals surface area contributed by atoms with Crippen LogP contribution in [0.15, 0.2) is 48.4 Å². The van der Waals surface area contributed by atoms with Gasteiger partial charge in [-0.2, -0.15) is 0 Å². The number of rotatable bonds is 4. The van der Waals surface area contributed by atoms with Gasteiger partial charge in [-0.25, -0.2) is 14.8 Å². The molecule has 1 saturated carbocycles. The number of nitrogens with one attached hydrogen (secondary N) is 2. The molecule has 1 aliphatic carbocycles. The first-order valence-electron chi connectivity index (χ1n) is 10.5. The lowest BCUT2D eigenvalue weighted by Gasteiger charge is -2.33. The van der Waals surface area contributed by atoms with E-state index in [0.29, 0.717) is 41.8 Å². The Morgan fingerprint density at radius 3 is 2.78 bits per heavy atom. The Morgan fingerprint density at radius 1 is 1.22 bits per heavy atom. The maximum absolute atomic E-state index is 12.4. The second-order valence-electron chi connectivity index (χ2n) is 8.25. The minimum atomic E-state index is -0.278. The molecule has 0 spiro atoms. The number of aryl methyl sites for hydroxylation is 1. The number of fused-ring (bicyclic) bond motifs is 1. The van der Waals surface area contributed by atoms with E-state index in [-0.39, 0.29) is 11.9 Å². The molecule has 32 heavy (non-hydrogen) atoms. The van der Waals surface area contributed by atoms with Gasteiger partial charge in [0.25, 0.3) is 0 Å². The zero-order chi connectivity index (χ0) is 22.2. The first-order chi connectivity index (χ1) is 15.5. The van der Waals surface area contributed by atoms with Crippen LogP contribution in [0.4, 0.5) is 16.4 Å². The highest BCUT2D eigenvalue weighted by Gasteiger charge is 2.30. The van der Waals surface area contributed by atoms with Crippen molar-refractivity contribution in [2.75, 3.05) is 24.1 Å². The molecule has 5 rings (SSSR count). The number of aromatic nitrogens is 3. The molecule has 3 aromatic rings. The average Bonchev–Trinajstić information content (AvgIpc) is 3.54. The van der Waals surface area contributed by atoms with Crippen LogP contribution in [0.3, 0.4) is 0 Å². The number of urea groups is 1. The van der Waals surface area contributed by atoms with Crippen molar-refractivity contribution in [3.05, 3.63) is 54.0 Å². The van der Waals surface area contributed by atoms with Crippen molar-refractivity contribution < 1.29 is 9.59 Å². The highest BCUT2D eigenvalue weighted by atomic mass is 16.2. The first kappa shape index (κ1) is 19.9. The third-order valence-corrected chi connectivity index (χ3v) is 5.63. The molecule has 162 valence electrons. The summed E-state index contributed by atoms with van der Waals surface area (Å²) in [5, 5.41) is 7.26. The number of pyridine rings is 3. The van der Waals surface area contributed by atoms with Gasteiger partial charge in [-0.15, -0.1) is 0 Å². The first-order valence-corrected chi connectivity index (χ1v) is 10.5. The molecule has 0 unspecified atom stereocenters. The molecule has 9 nitrogen and oxygen atoms in total. The van der Waals surface area contributed by atoms with Crippen LogP contribution in [0.25, 0.3) is 22.0 Å². The van der Waals surface area contributed by atoms with Crippen LogP contribution in [-0.2, 0) is 4.79 Å². The lowest BCUT2D eigenvalue weighted by molar-refractivity contribution is -0.112. The van der Waals surface area contributed by atoms with E-state index < -0.39 is 0 Å². The minimum absolute atomic E-state index is 0.0629. The predicted molar refractivity (Wildman–Crippen MR) is 122 cm³/mol. The van der Waals surface area contributed by atoms with Crippen molar-refractivity contribution in [2.45, 2.75) is 25.8 Å². The number of likely N-dealkylation sites (tertiary alicyclic amines) is 1. The molecule has 2 fully saturated rings. The quantitative estimate of drug-likeness (QED) is 0.548. The van der Waals surface area contributed by atoms with Gasteiger partial charge in [0.05, 0.1) is 5.69 Å². The number of anilines is 2. The van der Waals surface area contributed by atoms with Gasteiger partial charge in [0.1, 0.15) is 11.6 Å².